The second kappa shape index (κ2) is 6.68. The first kappa shape index (κ1) is 15.3. The molecule has 2 aromatic rings. The zero-order valence-corrected chi connectivity index (χ0v) is 13.4. The van der Waals surface area contributed by atoms with Gasteiger partial charge in [0.2, 0.25) is 0 Å². The van der Waals surface area contributed by atoms with Gasteiger partial charge >= 0.3 is 6.03 Å². The number of hydrogen-bond acceptors (Lipinski definition) is 5. The molecule has 0 bridgehead atoms. The number of carbonyl (C=O) groups excluding carboxylic acids is 1. The maximum Gasteiger partial charge on any atom is 0.318 e. The van der Waals surface area contributed by atoms with Gasteiger partial charge in [0.05, 0.1) is 12.3 Å². The number of aryl methyl sites for hydroxylation is 1. The number of carbonyl (C=O) groups is 1. The van der Waals surface area contributed by atoms with Gasteiger partial charge in [-0.15, -0.1) is 0 Å². The van der Waals surface area contributed by atoms with Gasteiger partial charge in [-0.1, -0.05) is 0 Å². The topological polar surface area (TPSA) is 74.5 Å². The minimum Gasteiger partial charge on any atom is -0.467 e. The lowest BCUT2D eigenvalue weighted by Crippen LogP contribution is -2.52. The number of hydrogen-bond donors (Lipinski definition) is 1. The second-order valence-electron chi connectivity index (χ2n) is 5.62. The van der Waals surface area contributed by atoms with Crippen molar-refractivity contribution in [2.45, 2.75) is 19.9 Å². The van der Waals surface area contributed by atoms with Crippen molar-refractivity contribution < 1.29 is 9.21 Å². The molecule has 1 saturated heterocycles. The van der Waals surface area contributed by atoms with Gasteiger partial charge in [-0.25, -0.2) is 14.8 Å². The molecule has 0 saturated carbocycles. The van der Waals surface area contributed by atoms with E-state index in [1.54, 1.807) is 12.5 Å². The van der Waals surface area contributed by atoms with Crippen molar-refractivity contribution in [3.63, 3.8) is 0 Å². The molecular formula is C16H21N5O2. The number of nitrogens with zero attached hydrogens (tertiary/aromatic N) is 4. The van der Waals surface area contributed by atoms with Gasteiger partial charge in [0.15, 0.2) is 0 Å². The Balaban J connectivity index is 1.53. The maximum atomic E-state index is 12.3. The third-order valence-corrected chi connectivity index (χ3v) is 3.96. The van der Waals surface area contributed by atoms with Crippen molar-refractivity contribution in [2.24, 2.45) is 0 Å². The predicted octanol–water partition coefficient (Wildman–Crippen LogP) is 1.97. The van der Waals surface area contributed by atoms with Gasteiger partial charge < -0.3 is 19.5 Å². The number of amides is 2. The molecule has 2 amide bonds. The largest absolute Gasteiger partial charge is 0.467 e. The second-order valence-corrected chi connectivity index (χ2v) is 5.62. The lowest BCUT2D eigenvalue weighted by Gasteiger charge is -2.35. The normalized spacial score (nSPS) is 16.3. The number of anilines is 1. The first-order chi connectivity index (χ1) is 11.1. The lowest BCUT2D eigenvalue weighted by atomic mass is 10.2. The summed E-state index contributed by atoms with van der Waals surface area (Å²) in [5.41, 5.74) is 0. The van der Waals surface area contributed by atoms with Gasteiger partial charge in [0.25, 0.3) is 0 Å². The molecule has 1 aliphatic rings. The standard InChI is InChI=1S/C16H21N5O2/c1-12(14-4-3-11-23-14)18-16(22)21-9-7-20(8-10-21)15-5-6-17-13(2)19-15/h3-6,11-12H,7-10H2,1-2H3,(H,18,22)/t12-/m1/s1. The summed E-state index contributed by atoms with van der Waals surface area (Å²) in [6, 6.07) is 5.38. The molecule has 2 aromatic heterocycles. The molecule has 1 aliphatic heterocycles. The SMILES string of the molecule is Cc1nccc(N2CCN(C(=O)N[C@H](C)c3ccco3)CC2)n1. The highest BCUT2D eigenvalue weighted by Gasteiger charge is 2.23. The van der Waals surface area contributed by atoms with Crippen LogP contribution >= 0.6 is 0 Å². The average molecular weight is 315 g/mol. The molecule has 1 N–H and O–H groups in total. The molecule has 0 unspecified atom stereocenters. The number of aromatic nitrogens is 2. The van der Waals surface area contributed by atoms with E-state index in [1.165, 1.54) is 0 Å². The van der Waals surface area contributed by atoms with Gasteiger partial charge in [0.1, 0.15) is 17.4 Å². The molecule has 23 heavy (non-hydrogen) atoms. The predicted molar refractivity (Wildman–Crippen MR) is 86.2 cm³/mol. The maximum absolute atomic E-state index is 12.3. The lowest BCUT2D eigenvalue weighted by molar-refractivity contribution is 0.189. The summed E-state index contributed by atoms with van der Waals surface area (Å²) in [7, 11) is 0. The molecule has 0 aliphatic carbocycles. The molecule has 3 heterocycles. The van der Waals surface area contributed by atoms with E-state index in [2.05, 4.69) is 20.2 Å². The molecule has 7 heteroatoms. The summed E-state index contributed by atoms with van der Waals surface area (Å²) in [5, 5.41) is 2.96. The van der Waals surface area contributed by atoms with Gasteiger partial charge in [-0.05, 0) is 32.0 Å². The number of rotatable bonds is 3. The summed E-state index contributed by atoms with van der Waals surface area (Å²) in [4.78, 5) is 24.9. The van der Waals surface area contributed by atoms with E-state index in [0.29, 0.717) is 13.1 Å². The third-order valence-electron chi connectivity index (χ3n) is 3.96. The average Bonchev–Trinajstić information content (AvgIpc) is 3.09. The van der Waals surface area contributed by atoms with E-state index in [9.17, 15) is 4.79 Å². The van der Waals surface area contributed by atoms with Crippen molar-refractivity contribution in [3.05, 3.63) is 42.2 Å². The van der Waals surface area contributed by atoms with E-state index in [1.807, 2.05) is 36.9 Å². The van der Waals surface area contributed by atoms with Crippen LogP contribution in [-0.2, 0) is 0 Å². The molecule has 1 fully saturated rings. The summed E-state index contributed by atoms with van der Waals surface area (Å²) < 4.78 is 5.31. The third kappa shape index (κ3) is 3.61. The Morgan fingerprint density at radius 3 is 2.74 bits per heavy atom. The Hall–Kier alpha value is -2.57. The molecular weight excluding hydrogens is 294 g/mol. The minimum atomic E-state index is -0.139. The molecule has 0 aromatic carbocycles. The number of nitrogens with one attached hydrogen (secondary N) is 1. The minimum absolute atomic E-state index is 0.0626. The Morgan fingerprint density at radius 2 is 2.09 bits per heavy atom. The van der Waals surface area contributed by atoms with Crippen LogP contribution in [0.15, 0.2) is 35.1 Å². The Bertz CT molecular complexity index is 650. The van der Waals surface area contributed by atoms with Crippen LogP contribution < -0.4 is 10.2 Å². The van der Waals surface area contributed by atoms with E-state index < -0.39 is 0 Å². The van der Waals surface area contributed by atoms with Gasteiger partial charge in [0, 0.05) is 32.4 Å². The highest BCUT2D eigenvalue weighted by Crippen LogP contribution is 2.15. The van der Waals surface area contributed by atoms with Gasteiger partial charge in [-0.2, -0.15) is 0 Å². The van der Waals surface area contributed by atoms with Crippen LogP contribution in [0.1, 0.15) is 24.6 Å². The number of urea groups is 1. The smallest absolute Gasteiger partial charge is 0.318 e. The van der Waals surface area contributed by atoms with Crippen molar-refractivity contribution in [1.29, 1.82) is 0 Å². The fourth-order valence-corrected chi connectivity index (χ4v) is 2.64. The first-order valence-corrected chi connectivity index (χ1v) is 7.77. The first-order valence-electron chi connectivity index (χ1n) is 7.77. The number of piperazine rings is 1. The van der Waals surface area contributed by atoms with E-state index >= 15 is 0 Å². The Kier molecular flexibility index (Phi) is 4.45. The molecule has 0 spiro atoms. The van der Waals surface area contributed by atoms with E-state index in [0.717, 1.165) is 30.5 Å². The van der Waals surface area contributed by atoms with Crippen molar-refractivity contribution in [1.82, 2.24) is 20.2 Å². The van der Waals surface area contributed by atoms with Crippen molar-refractivity contribution in [3.8, 4) is 0 Å². The van der Waals surface area contributed by atoms with Crippen LogP contribution in [0.2, 0.25) is 0 Å². The van der Waals surface area contributed by atoms with E-state index in [4.69, 9.17) is 4.42 Å². The highest BCUT2D eigenvalue weighted by molar-refractivity contribution is 5.75. The molecule has 3 rings (SSSR count). The summed E-state index contributed by atoms with van der Waals surface area (Å²) in [6.07, 6.45) is 3.38. The Labute approximate surface area is 135 Å². The van der Waals surface area contributed by atoms with Gasteiger partial charge in [-0.3, -0.25) is 0 Å². The van der Waals surface area contributed by atoms with Crippen LogP contribution in [0.25, 0.3) is 0 Å². The monoisotopic (exact) mass is 315 g/mol. The summed E-state index contributed by atoms with van der Waals surface area (Å²) >= 11 is 0. The zero-order chi connectivity index (χ0) is 16.2. The molecule has 7 nitrogen and oxygen atoms in total. The summed E-state index contributed by atoms with van der Waals surface area (Å²) in [5.74, 6) is 2.44. The van der Waals surface area contributed by atoms with Crippen LogP contribution in [0.5, 0.6) is 0 Å². The van der Waals surface area contributed by atoms with E-state index in [-0.39, 0.29) is 12.1 Å². The van der Waals surface area contributed by atoms with Crippen LogP contribution in [-0.4, -0.2) is 47.1 Å². The Morgan fingerprint density at radius 1 is 1.30 bits per heavy atom. The molecule has 1 atom stereocenters. The fourth-order valence-electron chi connectivity index (χ4n) is 2.64. The number of furan rings is 1. The highest BCUT2D eigenvalue weighted by atomic mass is 16.3. The van der Waals surface area contributed by atoms with Crippen molar-refractivity contribution >= 4 is 11.8 Å². The quantitative estimate of drug-likeness (QED) is 0.937. The summed E-state index contributed by atoms with van der Waals surface area (Å²) in [6.45, 7) is 6.65. The van der Waals surface area contributed by atoms with Crippen LogP contribution in [0.3, 0.4) is 0 Å². The molecule has 0 radical (unpaired) electrons. The zero-order valence-electron chi connectivity index (χ0n) is 13.4. The van der Waals surface area contributed by atoms with Crippen LogP contribution in [0.4, 0.5) is 10.6 Å². The van der Waals surface area contributed by atoms with Crippen molar-refractivity contribution in [2.75, 3.05) is 31.1 Å². The fraction of sp³-hybridized carbons (Fsp3) is 0.438. The molecule has 122 valence electrons. The van der Waals surface area contributed by atoms with Crippen LogP contribution in [0, 0.1) is 6.92 Å².